The standard InChI is InChI=1S/C27H30N2O2/c1-2-20-12-14-22(15-13-20)19-29-25-11-7-6-10-23(25)24(26(29)27(30)31)18-28-17-16-21-8-4-3-5-9-21/h2,6-8,10-15,28H,1,3-5,9,16-19H2,(H,30,31). The Morgan fingerprint density at radius 2 is 1.94 bits per heavy atom. The largest absolute Gasteiger partial charge is 0.477 e. The van der Waals surface area contributed by atoms with Gasteiger partial charge in [0.05, 0.1) is 0 Å². The number of para-hydroxylation sites is 1. The maximum Gasteiger partial charge on any atom is 0.352 e. The highest BCUT2D eigenvalue weighted by molar-refractivity contribution is 5.98. The number of hydrogen-bond acceptors (Lipinski definition) is 2. The summed E-state index contributed by atoms with van der Waals surface area (Å²) in [4.78, 5) is 12.3. The number of rotatable bonds is 9. The van der Waals surface area contributed by atoms with Crippen molar-refractivity contribution in [2.75, 3.05) is 6.54 Å². The number of hydrogen-bond donors (Lipinski definition) is 2. The molecule has 4 rings (SSSR count). The Labute approximate surface area is 183 Å². The molecule has 0 atom stereocenters. The van der Waals surface area contributed by atoms with Crippen molar-refractivity contribution in [1.29, 1.82) is 0 Å². The van der Waals surface area contributed by atoms with E-state index in [0.717, 1.165) is 40.6 Å². The Kier molecular flexibility index (Phi) is 6.68. The number of nitrogens with one attached hydrogen (secondary N) is 1. The minimum absolute atomic E-state index is 0.373. The third-order valence-corrected chi connectivity index (χ3v) is 6.14. The minimum Gasteiger partial charge on any atom is -0.477 e. The van der Waals surface area contributed by atoms with Gasteiger partial charge in [-0.15, -0.1) is 0 Å². The number of carboxylic acid groups (broad SMARTS) is 1. The molecule has 160 valence electrons. The zero-order valence-electron chi connectivity index (χ0n) is 17.9. The average molecular weight is 415 g/mol. The van der Waals surface area contributed by atoms with E-state index < -0.39 is 5.97 Å². The predicted octanol–water partition coefficient (Wildman–Crippen LogP) is 6.01. The summed E-state index contributed by atoms with van der Waals surface area (Å²) in [5.41, 5.74) is 5.85. The second-order valence-electron chi connectivity index (χ2n) is 8.22. The second kappa shape index (κ2) is 9.80. The summed E-state index contributed by atoms with van der Waals surface area (Å²) in [6.07, 6.45) is 10.2. The SMILES string of the molecule is C=Cc1ccc(Cn2c(C(=O)O)c(CNCCC3=CCCCC3)c3ccccc32)cc1. The number of allylic oxidation sites excluding steroid dienone is 1. The highest BCUT2D eigenvalue weighted by Crippen LogP contribution is 2.28. The molecular weight excluding hydrogens is 384 g/mol. The Bertz CT molecular complexity index is 1110. The van der Waals surface area contributed by atoms with Crippen LogP contribution in [-0.2, 0) is 13.1 Å². The first-order valence-corrected chi connectivity index (χ1v) is 11.1. The van der Waals surface area contributed by atoms with Crippen LogP contribution in [0, 0.1) is 0 Å². The van der Waals surface area contributed by atoms with Crippen molar-refractivity contribution in [1.82, 2.24) is 9.88 Å². The first-order valence-electron chi connectivity index (χ1n) is 11.1. The molecule has 0 saturated carbocycles. The van der Waals surface area contributed by atoms with E-state index in [0.29, 0.717) is 18.8 Å². The number of carboxylic acids is 1. The molecule has 0 fully saturated rings. The zero-order chi connectivity index (χ0) is 21.6. The minimum atomic E-state index is -0.884. The monoisotopic (exact) mass is 414 g/mol. The highest BCUT2D eigenvalue weighted by Gasteiger charge is 2.22. The molecule has 0 amide bonds. The van der Waals surface area contributed by atoms with Crippen molar-refractivity contribution in [2.24, 2.45) is 0 Å². The predicted molar refractivity (Wildman–Crippen MR) is 127 cm³/mol. The molecule has 0 bridgehead atoms. The van der Waals surface area contributed by atoms with Gasteiger partial charge in [0.1, 0.15) is 5.69 Å². The van der Waals surface area contributed by atoms with Crippen LogP contribution in [0.3, 0.4) is 0 Å². The van der Waals surface area contributed by atoms with E-state index >= 15 is 0 Å². The number of benzene rings is 2. The maximum absolute atomic E-state index is 12.3. The van der Waals surface area contributed by atoms with Gasteiger partial charge in [-0.3, -0.25) is 0 Å². The van der Waals surface area contributed by atoms with Crippen molar-refractivity contribution >= 4 is 22.9 Å². The number of aromatic nitrogens is 1. The van der Waals surface area contributed by atoms with Gasteiger partial charge in [0.2, 0.25) is 0 Å². The van der Waals surface area contributed by atoms with Gasteiger partial charge in [0, 0.05) is 29.6 Å². The number of nitrogens with zero attached hydrogens (tertiary/aromatic N) is 1. The average Bonchev–Trinajstić information content (AvgIpc) is 3.11. The Balaban J connectivity index is 1.59. The molecule has 2 aromatic carbocycles. The molecule has 4 nitrogen and oxygen atoms in total. The summed E-state index contributed by atoms with van der Waals surface area (Å²) in [6, 6.07) is 16.1. The molecule has 0 spiro atoms. The summed E-state index contributed by atoms with van der Waals surface area (Å²) in [7, 11) is 0. The Morgan fingerprint density at radius 3 is 2.65 bits per heavy atom. The van der Waals surface area contributed by atoms with E-state index in [4.69, 9.17) is 0 Å². The second-order valence-corrected chi connectivity index (χ2v) is 8.22. The lowest BCUT2D eigenvalue weighted by atomic mass is 9.97. The quantitative estimate of drug-likeness (QED) is 0.333. The van der Waals surface area contributed by atoms with E-state index in [1.54, 1.807) is 0 Å². The van der Waals surface area contributed by atoms with Crippen LogP contribution in [0.4, 0.5) is 0 Å². The summed E-state index contributed by atoms with van der Waals surface area (Å²) in [6.45, 7) is 5.74. The van der Waals surface area contributed by atoms with Crippen molar-refractivity contribution in [3.05, 3.63) is 89.1 Å². The van der Waals surface area contributed by atoms with Crippen LogP contribution in [0.1, 0.15) is 59.3 Å². The zero-order valence-corrected chi connectivity index (χ0v) is 17.9. The van der Waals surface area contributed by atoms with Crippen molar-refractivity contribution in [3.8, 4) is 0 Å². The molecular formula is C27H30N2O2. The van der Waals surface area contributed by atoms with Crippen LogP contribution in [0.5, 0.6) is 0 Å². The Morgan fingerprint density at radius 1 is 1.13 bits per heavy atom. The maximum atomic E-state index is 12.3. The van der Waals surface area contributed by atoms with E-state index in [9.17, 15) is 9.90 Å². The summed E-state index contributed by atoms with van der Waals surface area (Å²) in [5, 5.41) is 14.6. The number of aromatic carboxylic acids is 1. The van der Waals surface area contributed by atoms with E-state index in [1.165, 1.54) is 31.3 Å². The van der Waals surface area contributed by atoms with Crippen molar-refractivity contribution < 1.29 is 9.90 Å². The molecule has 0 radical (unpaired) electrons. The van der Waals surface area contributed by atoms with Gasteiger partial charge < -0.3 is 15.0 Å². The fraction of sp³-hybridized carbons (Fsp3) is 0.296. The van der Waals surface area contributed by atoms with Crippen molar-refractivity contribution in [3.63, 3.8) is 0 Å². The first-order chi connectivity index (χ1) is 15.2. The van der Waals surface area contributed by atoms with E-state index in [1.807, 2.05) is 59.2 Å². The first kappa shape index (κ1) is 21.1. The number of fused-ring (bicyclic) bond motifs is 1. The lowest BCUT2D eigenvalue weighted by molar-refractivity contribution is 0.0685. The summed E-state index contributed by atoms with van der Waals surface area (Å²) in [5.74, 6) is -0.884. The van der Waals surface area contributed by atoms with E-state index in [2.05, 4.69) is 18.0 Å². The summed E-state index contributed by atoms with van der Waals surface area (Å²) >= 11 is 0. The fourth-order valence-corrected chi connectivity index (χ4v) is 4.50. The van der Waals surface area contributed by atoms with Gasteiger partial charge in [-0.2, -0.15) is 0 Å². The molecule has 3 aromatic rings. The van der Waals surface area contributed by atoms with Crippen LogP contribution in [0.25, 0.3) is 17.0 Å². The smallest absolute Gasteiger partial charge is 0.352 e. The normalized spacial score (nSPS) is 13.9. The fourth-order valence-electron chi connectivity index (χ4n) is 4.50. The van der Waals surface area contributed by atoms with Gasteiger partial charge in [-0.05, 0) is 55.8 Å². The van der Waals surface area contributed by atoms with Crippen LogP contribution in [0.2, 0.25) is 0 Å². The molecule has 2 N–H and O–H groups in total. The highest BCUT2D eigenvalue weighted by atomic mass is 16.4. The molecule has 1 aliphatic carbocycles. The molecule has 1 aliphatic rings. The van der Waals surface area contributed by atoms with Crippen LogP contribution >= 0.6 is 0 Å². The third-order valence-electron chi connectivity index (χ3n) is 6.14. The number of carbonyl (C=O) groups is 1. The van der Waals surface area contributed by atoms with Gasteiger partial charge >= 0.3 is 5.97 Å². The molecule has 4 heteroatoms. The molecule has 1 heterocycles. The molecule has 0 aliphatic heterocycles. The third kappa shape index (κ3) is 4.80. The van der Waals surface area contributed by atoms with Crippen LogP contribution in [0.15, 0.2) is 66.8 Å². The van der Waals surface area contributed by atoms with Gasteiger partial charge in [-0.1, -0.05) is 66.8 Å². The van der Waals surface area contributed by atoms with Crippen LogP contribution in [-0.4, -0.2) is 22.2 Å². The van der Waals surface area contributed by atoms with Crippen LogP contribution < -0.4 is 5.32 Å². The topological polar surface area (TPSA) is 54.3 Å². The molecule has 0 unspecified atom stereocenters. The van der Waals surface area contributed by atoms with Gasteiger partial charge in [0.25, 0.3) is 0 Å². The Hall–Kier alpha value is -3.11. The molecule has 31 heavy (non-hydrogen) atoms. The lowest BCUT2D eigenvalue weighted by Crippen LogP contribution is -2.19. The molecule has 1 aromatic heterocycles. The van der Waals surface area contributed by atoms with E-state index in [-0.39, 0.29) is 0 Å². The van der Waals surface area contributed by atoms with Gasteiger partial charge in [-0.25, -0.2) is 4.79 Å². The molecule has 0 saturated heterocycles. The lowest BCUT2D eigenvalue weighted by Gasteiger charge is -2.13. The van der Waals surface area contributed by atoms with Gasteiger partial charge in [0.15, 0.2) is 0 Å². The van der Waals surface area contributed by atoms with Crippen molar-refractivity contribution in [2.45, 2.75) is 45.2 Å². The summed E-state index contributed by atoms with van der Waals surface area (Å²) < 4.78 is 1.93.